The van der Waals surface area contributed by atoms with E-state index in [4.69, 9.17) is 4.98 Å². The molecule has 7 nitrogen and oxygen atoms in total. The van der Waals surface area contributed by atoms with Crippen molar-refractivity contribution in [3.8, 4) is 0 Å². The molecule has 1 aliphatic heterocycles. The van der Waals surface area contributed by atoms with Crippen molar-refractivity contribution >= 4 is 28.4 Å². The molecule has 174 valence electrons. The van der Waals surface area contributed by atoms with E-state index in [-0.39, 0.29) is 5.91 Å². The molecule has 3 heterocycles. The largest absolute Gasteiger partial charge is 0.338 e. The molecule has 2 aromatic heterocycles. The highest BCUT2D eigenvalue weighted by molar-refractivity contribution is 5.94. The van der Waals surface area contributed by atoms with Crippen LogP contribution in [0.15, 0.2) is 78.9 Å². The first kappa shape index (κ1) is 21.3. The lowest BCUT2D eigenvalue weighted by atomic mass is 10.1. The van der Waals surface area contributed by atoms with Gasteiger partial charge >= 0.3 is 0 Å². The quantitative estimate of drug-likeness (QED) is 0.402. The van der Waals surface area contributed by atoms with Crippen molar-refractivity contribution in [2.75, 3.05) is 31.1 Å². The number of fused-ring (bicyclic) bond motifs is 3. The first-order valence-electron chi connectivity index (χ1n) is 11.9. The number of aryl methyl sites for hydroxylation is 1. The Hall–Kier alpha value is -4.26. The van der Waals surface area contributed by atoms with Crippen LogP contribution in [0.2, 0.25) is 0 Å². The van der Waals surface area contributed by atoms with Crippen molar-refractivity contribution in [3.63, 3.8) is 0 Å². The number of para-hydroxylation sites is 1. The van der Waals surface area contributed by atoms with Gasteiger partial charge in [-0.15, -0.1) is 10.2 Å². The number of hydrogen-bond donors (Lipinski definition) is 0. The minimum atomic E-state index is 0.0790. The van der Waals surface area contributed by atoms with Crippen LogP contribution in [0.3, 0.4) is 0 Å². The van der Waals surface area contributed by atoms with Crippen molar-refractivity contribution < 1.29 is 4.79 Å². The Morgan fingerprint density at radius 2 is 1.54 bits per heavy atom. The van der Waals surface area contributed by atoms with Crippen LogP contribution in [0.5, 0.6) is 0 Å². The normalized spacial score (nSPS) is 14.1. The monoisotopic (exact) mass is 462 g/mol. The summed E-state index contributed by atoms with van der Waals surface area (Å²) in [5.41, 5.74) is 4.77. The topological polar surface area (TPSA) is 66.6 Å². The number of piperazine rings is 1. The first-order chi connectivity index (χ1) is 17.2. The Bertz CT molecular complexity index is 1500. The number of hydrogen-bond acceptors (Lipinski definition) is 5. The number of rotatable bonds is 4. The van der Waals surface area contributed by atoms with Crippen LogP contribution >= 0.6 is 0 Å². The lowest BCUT2D eigenvalue weighted by molar-refractivity contribution is 0.0746. The summed E-state index contributed by atoms with van der Waals surface area (Å²) in [7, 11) is 0. The third kappa shape index (κ3) is 3.99. The fourth-order valence-electron chi connectivity index (χ4n) is 4.71. The van der Waals surface area contributed by atoms with E-state index in [1.165, 1.54) is 5.56 Å². The van der Waals surface area contributed by atoms with Gasteiger partial charge in [0.1, 0.15) is 5.82 Å². The SMILES string of the molecule is Cc1ccc(C(=O)N2CCN(c3nc4ccccc4c4nnc(Cc5ccccc5)n34)CC2)cc1. The van der Waals surface area contributed by atoms with Gasteiger partial charge in [0, 0.05) is 43.5 Å². The molecule has 5 aromatic rings. The summed E-state index contributed by atoms with van der Waals surface area (Å²) in [6, 6.07) is 26.1. The number of carbonyl (C=O) groups excluding carboxylic acids is 1. The van der Waals surface area contributed by atoms with E-state index in [0.717, 1.165) is 39.4 Å². The first-order valence-corrected chi connectivity index (χ1v) is 11.9. The van der Waals surface area contributed by atoms with Crippen LogP contribution < -0.4 is 4.90 Å². The highest BCUT2D eigenvalue weighted by Gasteiger charge is 2.26. The van der Waals surface area contributed by atoms with Gasteiger partial charge in [-0.05, 0) is 36.8 Å². The number of benzene rings is 3. The molecule has 0 spiro atoms. The summed E-state index contributed by atoms with van der Waals surface area (Å²) in [6.07, 6.45) is 0.668. The third-order valence-corrected chi connectivity index (χ3v) is 6.65. The molecule has 3 aromatic carbocycles. The molecule has 1 amide bonds. The Morgan fingerprint density at radius 1 is 0.829 bits per heavy atom. The highest BCUT2D eigenvalue weighted by atomic mass is 16.2. The third-order valence-electron chi connectivity index (χ3n) is 6.65. The molecule has 1 fully saturated rings. The summed E-state index contributed by atoms with van der Waals surface area (Å²) in [4.78, 5) is 22.2. The number of carbonyl (C=O) groups is 1. The van der Waals surface area contributed by atoms with Crippen LogP contribution in [-0.2, 0) is 6.42 Å². The minimum Gasteiger partial charge on any atom is -0.338 e. The molecule has 6 rings (SSSR count). The average Bonchev–Trinajstić information content (AvgIpc) is 3.33. The second kappa shape index (κ2) is 8.83. The average molecular weight is 463 g/mol. The molecule has 0 unspecified atom stereocenters. The second-order valence-electron chi connectivity index (χ2n) is 9.01. The number of aromatic nitrogens is 4. The predicted molar refractivity (Wildman–Crippen MR) is 137 cm³/mol. The summed E-state index contributed by atoms with van der Waals surface area (Å²) < 4.78 is 2.09. The Morgan fingerprint density at radius 3 is 2.31 bits per heavy atom. The Kier molecular flexibility index (Phi) is 5.37. The van der Waals surface area contributed by atoms with E-state index in [0.29, 0.717) is 32.6 Å². The zero-order chi connectivity index (χ0) is 23.8. The molecule has 1 saturated heterocycles. The molecular weight excluding hydrogens is 436 g/mol. The zero-order valence-corrected chi connectivity index (χ0v) is 19.6. The summed E-state index contributed by atoms with van der Waals surface area (Å²) in [6.45, 7) is 4.70. The molecule has 0 N–H and O–H groups in total. The fourth-order valence-corrected chi connectivity index (χ4v) is 4.71. The summed E-state index contributed by atoms with van der Waals surface area (Å²) in [5, 5.41) is 10.1. The van der Waals surface area contributed by atoms with E-state index in [9.17, 15) is 4.79 Å². The summed E-state index contributed by atoms with van der Waals surface area (Å²) in [5.74, 6) is 1.77. The molecule has 0 aliphatic carbocycles. The Labute approximate surface area is 203 Å². The molecular formula is C28H26N6O. The fraction of sp³-hybridized carbons (Fsp3) is 0.214. The van der Waals surface area contributed by atoms with E-state index >= 15 is 0 Å². The van der Waals surface area contributed by atoms with Gasteiger partial charge in [0.25, 0.3) is 5.91 Å². The number of amides is 1. The van der Waals surface area contributed by atoms with Gasteiger partial charge in [-0.2, -0.15) is 0 Å². The molecule has 0 bridgehead atoms. The zero-order valence-electron chi connectivity index (χ0n) is 19.6. The van der Waals surface area contributed by atoms with Crippen LogP contribution in [0.4, 0.5) is 5.95 Å². The second-order valence-corrected chi connectivity index (χ2v) is 9.01. The van der Waals surface area contributed by atoms with Crippen molar-refractivity contribution in [1.29, 1.82) is 0 Å². The molecule has 35 heavy (non-hydrogen) atoms. The van der Waals surface area contributed by atoms with E-state index in [1.54, 1.807) is 0 Å². The maximum atomic E-state index is 13.0. The van der Waals surface area contributed by atoms with Crippen molar-refractivity contribution in [3.05, 3.63) is 101 Å². The molecule has 0 saturated carbocycles. The molecule has 0 radical (unpaired) electrons. The highest BCUT2D eigenvalue weighted by Crippen LogP contribution is 2.26. The van der Waals surface area contributed by atoms with Gasteiger partial charge < -0.3 is 9.80 Å². The standard InChI is InChI=1S/C28H26N6O/c1-20-11-13-22(14-12-20)27(35)32-15-17-33(18-16-32)28-29-24-10-6-5-9-23(24)26-31-30-25(34(26)28)19-21-7-3-2-4-8-21/h2-14H,15-19H2,1H3. The van der Waals surface area contributed by atoms with Gasteiger partial charge in [-0.3, -0.25) is 4.79 Å². The Balaban J connectivity index is 1.33. The van der Waals surface area contributed by atoms with Crippen molar-refractivity contribution in [2.24, 2.45) is 0 Å². The van der Waals surface area contributed by atoms with Crippen LogP contribution in [0.25, 0.3) is 16.6 Å². The smallest absolute Gasteiger partial charge is 0.253 e. The molecule has 0 atom stereocenters. The van der Waals surface area contributed by atoms with Crippen LogP contribution in [0.1, 0.15) is 27.3 Å². The van der Waals surface area contributed by atoms with Gasteiger partial charge in [0.15, 0.2) is 5.65 Å². The van der Waals surface area contributed by atoms with Crippen molar-refractivity contribution in [1.82, 2.24) is 24.5 Å². The molecule has 7 heteroatoms. The molecule has 1 aliphatic rings. The lowest BCUT2D eigenvalue weighted by Crippen LogP contribution is -2.49. The van der Waals surface area contributed by atoms with Gasteiger partial charge in [0.2, 0.25) is 5.95 Å². The van der Waals surface area contributed by atoms with Gasteiger partial charge in [0.05, 0.1) is 5.52 Å². The number of nitrogens with zero attached hydrogens (tertiary/aromatic N) is 6. The summed E-state index contributed by atoms with van der Waals surface area (Å²) >= 11 is 0. The van der Waals surface area contributed by atoms with E-state index < -0.39 is 0 Å². The predicted octanol–water partition coefficient (Wildman–Crippen LogP) is 4.14. The van der Waals surface area contributed by atoms with Crippen molar-refractivity contribution in [2.45, 2.75) is 13.3 Å². The van der Waals surface area contributed by atoms with Gasteiger partial charge in [-0.1, -0.05) is 60.2 Å². The minimum absolute atomic E-state index is 0.0790. The maximum Gasteiger partial charge on any atom is 0.253 e. The van der Waals surface area contributed by atoms with Gasteiger partial charge in [-0.25, -0.2) is 9.38 Å². The van der Waals surface area contributed by atoms with E-state index in [1.807, 2.05) is 78.6 Å². The number of anilines is 1. The van der Waals surface area contributed by atoms with Crippen LogP contribution in [-0.4, -0.2) is 56.6 Å². The lowest BCUT2D eigenvalue weighted by Gasteiger charge is -2.35. The van der Waals surface area contributed by atoms with Crippen LogP contribution in [0, 0.1) is 6.92 Å². The van der Waals surface area contributed by atoms with E-state index in [2.05, 4.69) is 31.6 Å². The maximum absolute atomic E-state index is 13.0.